The van der Waals surface area contributed by atoms with E-state index in [1.807, 2.05) is 6.08 Å². The molecule has 1 fully saturated rings. The fourth-order valence-corrected chi connectivity index (χ4v) is 1.87. The number of hydrogen-bond donors (Lipinski definition) is 1. The molecule has 2 unspecified atom stereocenters. The maximum Gasteiger partial charge on any atom is 0.327 e. The predicted octanol–water partition coefficient (Wildman–Crippen LogP) is 2.45. The van der Waals surface area contributed by atoms with Crippen LogP contribution in [0.4, 0.5) is 0 Å². The molecule has 0 aliphatic heterocycles. The lowest BCUT2D eigenvalue weighted by molar-refractivity contribution is -0.131. The van der Waals surface area contributed by atoms with E-state index < -0.39 is 5.97 Å². The second-order valence-electron chi connectivity index (χ2n) is 3.73. The largest absolute Gasteiger partial charge is 0.478 e. The van der Waals surface area contributed by atoms with E-state index in [9.17, 15) is 4.79 Å². The van der Waals surface area contributed by atoms with Crippen LogP contribution in [0.2, 0.25) is 0 Å². The first-order valence-electron chi connectivity index (χ1n) is 4.59. The highest BCUT2D eigenvalue weighted by Gasteiger charge is 2.16. The topological polar surface area (TPSA) is 37.3 Å². The van der Waals surface area contributed by atoms with E-state index in [0.717, 1.165) is 18.8 Å². The number of aliphatic carboxylic acids is 1. The zero-order valence-corrected chi connectivity index (χ0v) is 7.49. The van der Waals surface area contributed by atoms with Crippen molar-refractivity contribution in [1.82, 2.24) is 0 Å². The Kier molecular flexibility index (Phi) is 3.32. The van der Waals surface area contributed by atoms with Crippen molar-refractivity contribution >= 4 is 5.97 Å². The maximum absolute atomic E-state index is 10.2. The Balaban J connectivity index is 2.36. The molecule has 1 saturated carbocycles. The second-order valence-corrected chi connectivity index (χ2v) is 3.73. The third-order valence-corrected chi connectivity index (χ3v) is 2.49. The van der Waals surface area contributed by atoms with Crippen molar-refractivity contribution < 1.29 is 9.90 Å². The smallest absolute Gasteiger partial charge is 0.327 e. The van der Waals surface area contributed by atoms with E-state index in [1.54, 1.807) is 0 Å². The van der Waals surface area contributed by atoms with Gasteiger partial charge in [-0.1, -0.05) is 25.8 Å². The Morgan fingerprint density at radius 1 is 1.50 bits per heavy atom. The Hall–Kier alpha value is -0.790. The van der Waals surface area contributed by atoms with Crippen LogP contribution in [0.3, 0.4) is 0 Å². The molecule has 0 bridgehead atoms. The van der Waals surface area contributed by atoms with Crippen molar-refractivity contribution in [3.05, 3.63) is 12.2 Å². The Morgan fingerprint density at radius 2 is 2.25 bits per heavy atom. The summed E-state index contributed by atoms with van der Waals surface area (Å²) in [6, 6.07) is 0. The minimum Gasteiger partial charge on any atom is -0.478 e. The Labute approximate surface area is 73.3 Å². The van der Waals surface area contributed by atoms with Crippen molar-refractivity contribution in [2.45, 2.75) is 32.6 Å². The van der Waals surface area contributed by atoms with E-state index >= 15 is 0 Å². The Morgan fingerprint density at radius 3 is 2.83 bits per heavy atom. The first-order valence-corrected chi connectivity index (χ1v) is 4.59. The van der Waals surface area contributed by atoms with Crippen LogP contribution in [-0.2, 0) is 4.79 Å². The molecule has 1 aliphatic rings. The molecular weight excluding hydrogens is 152 g/mol. The molecule has 68 valence electrons. The molecule has 1 aliphatic carbocycles. The highest BCUT2D eigenvalue weighted by Crippen LogP contribution is 2.29. The van der Waals surface area contributed by atoms with Crippen molar-refractivity contribution in [1.29, 1.82) is 0 Å². The Bertz CT molecular complexity index is 184. The van der Waals surface area contributed by atoms with Gasteiger partial charge in [-0.2, -0.15) is 0 Å². The molecule has 0 amide bonds. The fourth-order valence-electron chi connectivity index (χ4n) is 1.87. The van der Waals surface area contributed by atoms with E-state index in [-0.39, 0.29) is 0 Å². The van der Waals surface area contributed by atoms with Gasteiger partial charge >= 0.3 is 5.97 Å². The standard InChI is InChI=1S/C10H16O2/c1-8-3-2-4-9(7-8)5-6-10(11)12/h5-6,8-9H,2-4,7H2,1H3,(H,11,12)/b6-5+. The summed E-state index contributed by atoms with van der Waals surface area (Å²) < 4.78 is 0. The SMILES string of the molecule is CC1CCCC(/C=C/C(=O)O)C1. The highest BCUT2D eigenvalue weighted by atomic mass is 16.4. The molecule has 0 heterocycles. The highest BCUT2D eigenvalue weighted by molar-refractivity contribution is 5.79. The van der Waals surface area contributed by atoms with Gasteiger partial charge in [-0.25, -0.2) is 4.79 Å². The summed E-state index contributed by atoms with van der Waals surface area (Å²) in [6.07, 6.45) is 7.99. The van der Waals surface area contributed by atoms with Crippen molar-refractivity contribution in [3.8, 4) is 0 Å². The summed E-state index contributed by atoms with van der Waals surface area (Å²) in [5.41, 5.74) is 0. The van der Waals surface area contributed by atoms with Crippen LogP contribution in [0.15, 0.2) is 12.2 Å². The zero-order valence-electron chi connectivity index (χ0n) is 7.49. The summed E-state index contributed by atoms with van der Waals surface area (Å²) in [6.45, 7) is 2.24. The normalized spacial score (nSPS) is 30.8. The number of hydrogen-bond acceptors (Lipinski definition) is 1. The van der Waals surface area contributed by atoms with Gasteiger partial charge in [0, 0.05) is 6.08 Å². The van der Waals surface area contributed by atoms with Gasteiger partial charge in [0.1, 0.15) is 0 Å². The van der Waals surface area contributed by atoms with Crippen LogP contribution in [0.5, 0.6) is 0 Å². The number of carbonyl (C=O) groups is 1. The van der Waals surface area contributed by atoms with Crippen molar-refractivity contribution in [2.75, 3.05) is 0 Å². The molecule has 1 N–H and O–H groups in total. The summed E-state index contributed by atoms with van der Waals surface area (Å²) in [5.74, 6) is 0.445. The average Bonchev–Trinajstić information content (AvgIpc) is 2.01. The number of carboxylic acids is 1. The van der Waals surface area contributed by atoms with Gasteiger partial charge in [0.25, 0.3) is 0 Å². The maximum atomic E-state index is 10.2. The molecule has 0 aromatic heterocycles. The third kappa shape index (κ3) is 3.07. The molecule has 0 spiro atoms. The summed E-state index contributed by atoms with van der Waals surface area (Å²) in [7, 11) is 0. The van der Waals surface area contributed by atoms with E-state index in [4.69, 9.17) is 5.11 Å². The third-order valence-electron chi connectivity index (χ3n) is 2.49. The van der Waals surface area contributed by atoms with E-state index in [0.29, 0.717) is 5.92 Å². The summed E-state index contributed by atoms with van der Waals surface area (Å²) in [4.78, 5) is 10.2. The summed E-state index contributed by atoms with van der Waals surface area (Å²) >= 11 is 0. The molecule has 0 radical (unpaired) electrons. The van der Waals surface area contributed by atoms with Crippen molar-refractivity contribution in [3.63, 3.8) is 0 Å². The molecule has 0 aromatic rings. The van der Waals surface area contributed by atoms with Crippen LogP contribution < -0.4 is 0 Å². The van der Waals surface area contributed by atoms with Crippen LogP contribution in [0, 0.1) is 11.8 Å². The average molecular weight is 168 g/mol. The second kappa shape index (κ2) is 4.29. The van der Waals surface area contributed by atoms with E-state index in [1.165, 1.54) is 18.9 Å². The number of rotatable bonds is 2. The van der Waals surface area contributed by atoms with Gasteiger partial charge in [-0.3, -0.25) is 0 Å². The van der Waals surface area contributed by atoms with Gasteiger partial charge in [0.05, 0.1) is 0 Å². The molecule has 2 atom stereocenters. The number of allylic oxidation sites excluding steroid dienone is 1. The molecule has 2 nitrogen and oxygen atoms in total. The lowest BCUT2D eigenvalue weighted by atomic mass is 9.82. The molecule has 12 heavy (non-hydrogen) atoms. The minimum absolute atomic E-state index is 0.504. The van der Waals surface area contributed by atoms with Gasteiger partial charge in [-0.15, -0.1) is 0 Å². The van der Waals surface area contributed by atoms with Crippen LogP contribution in [-0.4, -0.2) is 11.1 Å². The van der Waals surface area contributed by atoms with Crippen LogP contribution in [0.1, 0.15) is 32.6 Å². The lowest BCUT2D eigenvalue weighted by Gasteiger charge is -2.23. The quantitative estimate of drug-likeness (QED) is 0.643. The van der Waals surface area contributed by atoms with Gasteiger partial charge < -0.3 is 5.11 Å². The molecular formula is C10H16O2. The minimum atomic E-state index is -0.826. The predicted molar refractivity (Wildman–Crippen MR) is 47.9 cm³/mol. The first kappa shape index (κ1) is 9.30. The molecule has 1 rings (SSSR count). The fraction of sp³-hybridized carbons (Fsp3) is 0.700. The monoisotopic (exact) mass is 168 g/mol. The summed E-state index contributed by atoms with van der Waals surface area (Å²) in [5, 5.41) is 8.42. The number of carboxylic acid groups (broad SMARTS) is 1. The van der Waals surface area contributed by atoms with Gasteiger partial charge in [-0.05, 0) is 24.7 Å². The van der Waals surface area contributed by atoms with Gasteiger partial charge in [0.2, 0.25) is 0 Å². The van der Waals surface area contributed by atoms with Crippen LogP contribution in [0.25, 0.3) is 0 Å². The zero-order chi connectivity index (χ0) is 8.97. The molecule has 0 aromatic carbocycles. The van der Waals surface area contributed by atoms with Crippen molar-refractivity contribution in [2.24, 2.45) is 11.8 Å². The molecule has 2 heteroatoms. The lowest BCUT2D eigenvalue weighted by Crippen LogP contribution is -2.11. The first-order chi connectivity index (χ1) is 5.68. The van der Waals surface area contributed by atoms with Crippen LogP contribution >= 0.6 is 0 Å². The van der Waals surface area contributed by atoms with Gasteiger partial charge in [0.15, 0.2) is 0 Å². The van der Waals surface area contributed by atoms with E-state index in [2.05, 4.69) is 6.92 Å². The molecule has 0 saturated heterocycles.